The Balaban J connectivity index is 1.75. The van der Waals surface area contributed by atoms with Crippen LogP contribution in [0.4, 0.5) is 5.69 Å². The number of aryl methyl sites for hydroxylation is 1. The van der Waals surface area contributed by atoms with Crippen molar-refractivity contribution < 1.29 is 19.4 Å². The summed E-state index contributed by atoms with van der Waals surface area (Å²) in [6, 6.07) is 22.9. The number of ether oxygens (including phenoxy) is 1. The van der Waals surface area contributed by atoms with Gasteiger partial charge in [-0.2, -0.15) is 0 Å². The van der Waals surface area contributed by atoms with Crippen LogP contribution in [0.2, 0.25) is 5.02 Å². The smallest absolute Gasteiger partial charge is 0.294 e. The molecule has 3 aromatic rings. The maximum absolute atomic E-state index is 13.4. The number of benzene rings is 3. The highest BCUT2D eigenvalue weighted by Gasteiger charge is 2.44. The monoisotopic (exact) mass is 461 g/mol. The van der Waals surface area contributed by atoms with Gasteiger partial charge in [-0.1, -0.05) is 60.1 Å². The van der Waals surface area contributed by atoms with Crippen molar-refractivity contribution in [2.24, 2.45) is 0 Å². The van der Waals surface area contributed by atoms with E-state index in [-0.39, 0.29) is 17.8 Å². The molecule has 1 heterocycles. The molecule has 1 unspecified atom stereocenters. The van der Waals surface area contributed by atoms with E-state index in [9.17, 15) is 14.7 Å². The molecule has 1 N–H and O–H groups in total. The lowest BCUT2D eigenvalue weighted by molar-refractivity contribution is -0.118. The molecule has 5 nitrogen and oxygen atoms in total. The first-order chi connectivity index (χ1) is 16.0. The van der Waals surface area contributed by atoms with E-state index in [2.05, 4.69) is 0 Å². The lowest BCUT2D eigenvalue weighted by Crippen LogP contribution is -2.31. The van der Waals surface area contributed by atoms with Crippen LogP contribution in [0.3, 0.4) is 0 Å². The quantitative estimate of drug-likeness (QED) is 0.457. The molecule has 0 fully saturated rings. The Bertz CT molecular complexity index is 1210. The van der Waals surface area contributed by atoms with E-state index in [4.69, 9.17) is 16.3 Å². The predicted molar refractivity (Wildman–Crippen MR) is 129 cm³/mol. The molecule has 33 heavy (non-hydrogen) atoms. The molecule has 0 aliphatic carbocycles. The summed E-state index contributed by atoms with van der Waals surface area (Å²) in [6.07, 6.45) is 0.676. The van der Waals surface area contributed by atoms with Gasteiger partial charge in [0.2, 0.25) is 0 Å². The lowest BCUT2D eigenvalue weighted by atomic mass is 9.93. The molecule has 3 aromatic carbocycles. The van der Waals surface area contributed by atoms with Crippen LogP contribution in [0.25, 0.3) is 0 Å². The first-order valence-electron chi connectivity index (χ1n) is 10.8. The second-order valence-electron chi connectivity index (χ2n) is 7.73. The summed E-state index contributed by atoms with van der Waals surface area (Å²) >= 11 is 6.18. The zero-order chi connectivity index (χ0) is 23.4. The van der Waals surface area contributed by atoms with Gasteiger partial charge in [-0.3, -0.25) is 14.5 Å². The van der Waals surface area contributed by atoms with Gasteiger partial charge in [0.25, 0.3) is 5.91 Å². The first-order valence-corrected chi connectivity index (χ1v) is 11.2. The number of hydrogen-bond donors (Lipinski definition) is 1. The molecule has 1 aliphatic heterocycles. The lowest BCUT2D eigenvalue weighted by Gasteiger charge is -2.27. The molecule has 4 rings (SSSR count). The average Bonchev–Trinajstić information content (AvgIpc) is 3.09. The van der Waals surface area contributed by atoms with Crippen LogP contribution in [-0.4, -0.2) is 23.4 Å². The first kappa shape index (κ1) is 22.6. The zero-order valence-corrected chi connectivity index (χ0v) is 19.0. The Morgan fingerprint density at radius 1 is 1.03 bits per heavy atom. The highest BCUT2D eigenvalue weighted by atomic mass is 35.5. The van der Waals surface area contributed by atoms with Gasteiger partial charge in [0, 0.05) is 17.1 Å². The van der Waals surface area contributed by atoms with Crippen molar-refractivity contribution in [3.05, 3.63) is 106 Å². The number of halogens is 1. The molecule has 0 saturated carbocycles. The summed E-state index contributed by atoms with van der Waals surface area (Å²) in [7, 11) is 0. The van der Waals surface area contributed by atoms with Crippen LogP contribution in [0, 0.1) is 0 Å². The molecule has 1 atom stereocenters. The fourth-order valence-corrected chi connectivity index (χ4v) is 4.26. The van der Waals surface area contributed by atoms with E-state index in [1.54, 1.807) is 30.3 Å². The van der Waals surface area contributed by atoms with E-state index in [1.165, 1.54) is 4.90 Å². The highest BCUT2D eigenvalue weighted by molar-refractivity contribution is 6.31. The molecule has 0 saturated heterocycles. The van der Waals surface area contributed by atoms with E-state index < -0.39 is 17.7 Å². The minimum absolute atomic E-state index is 0.0876. The average molecular weight is 462 g/mol. The number of aliphatic hydroxyl groups excluding tert-OH is 1. The maximum Gasteiger partial charge on any atom is 0.294 e. The number of hydrogen-bond acceptors (Lipinski definition) is 4. The number of Topliss-reactive ketones (excluding diaryl/α,β-unsaturated/α-hetero) is 1. The number of aliphatic hydroxyl groups is 1. The van der Waals surface area contributed by atoms with Crippen LogP contribution < -0.4 is 9.64 Å². The standard InChI is InChI=1S/C27H24ClNO4/c1-2-33-22-13-6-10-19(16-22)25-24(23(30)15-14-18-8-4-3-5-9-18)26(31)27(32)29(25)21-12-7-11-20(28)17-21/h3-13,16-17,25,31H,2,14-15H2,1H3. The summed E-state index contributed by atoms with van der Waals surface area (Å²) in [5.74, 6) is -0.816. The maximum atomic E-state index is 13.4. The Labute approximate surface area is 197 Å². The summed E-state index contributed by atoms with van der Waals surface area (Å²) in [5, 5.41) is 11.3. The van der Waals surface area contributed by atoms with Gasteiger partial charge < -0.3 is 9.84 Å². The zero-order valence-electron chi connectivity index (χ0n) is 18.2. The van der Waals surface area contributed by atoms with Gasteiger partial charge in [-0.15, -0.1) is 0 Å². The summed E-state index contributed by atoms with van der Waals surface area (Å²) < 4.78 is 5.63. The molecule has 168 valence electrons. The molecule has 0 radical (unpaired) electrons. The van der Waals surface area contributed by atoms with Crippen LogP contribution in [-0.2, 0) is 16.0 Å². The van der Waals surface area contributed by atoms with Crippen molar-refractivity contribution in [1.29, 1.82) is 0 Å². The molecular formula is C27H24ClNO4. The number of carbonyl (C=O) groups excluding carboxylic acids is 2. The third kappa shape index (κ3) is 4.78. The van der Waals surface area contributed by atoms with E-state index >= 15 is 0 Å². The second kappa shape index (κ2) is 9.92. The SMILES string of the molecule is CCOc1cccc(C2C(C(=O)CCc3ccccc3)=C(O)C(=O)N2c2cccc(Cl)c2)c1. The topological polar surface area (TPSA) is 66.8 Å². The molecule has 0 aromatic heterocycles. The number of rotatable bonds is 8. The van der Waals surface area contributed by atoms with Crippen LogP contribution >= 0.6 is 11.6 Å². The van der Waals surface area contributed by atoms with E-state index in [1.807, 2.05) is 55.5 Å². The fraction of sp³-hybridized carbons (Fsp3) is 0.185. The Morgan fingerprint density at radius 2 is 1.79 bits per heavy atom. The highest BCUT2D eigenvalue weighted by Crippen LogP contribution is 2.42. The van der Waals surface area contributed by atoms with Crippen molar-refractivity contribution >= 4 is 29.0 Å². The van der Waals surface area contributed by atoms with Gasteiger partial charge in [0.15, 0.2) is 11.5 Å². The van der Waals surface area contributed by atoms with Gasteiger partial charge in [-0.05, 0) is 54.8 Å². The number of nitrogens with zero attached hydrogens (tertiary/aromatic N) is 1. The third-order valence-electron chi connectivity index (χ3n) is 5.56. The van der Waals surface area contributed by atoms with E-state index in [0.29, 0.717) is 35.1 Å². The van der Waals surface area contributed by atoms with Crippen molar-refractivity contribution in [2.45, 2.75) is 25.8 Å². The number of anilines is 1. The van der Waals surface area contributed by atoms with Crippen LogP contribution in [0.5, 0.6) is 5.75 Å². The molecule has 1 aliphatic rings. The normalized spacial score (nSPS) is 15.8. The molecule has 1 amide bonds. The molecule has 0 spiro atoms. The Kier molecular flexibility index (Phi) is 6.80. The minimum atomic E-state index is -0.792. The third-order valence-corrected chi connectivity index (χ3v) is 5.80. The van der Waals surface area contributed by atoms with Gasteiger partial charge in [0.1, 0.15) is 5.75 Å². The Morgan fingerprint density at radius 3 is 2.52 bits per heavy atom. The summed E-state index contributed by atoms with van der Waals surface area (Å²) in [5.41, 5.74) is 2.26. The van der Waals surface area contributed by atoms with Gasteiger partial charge in [0.05, 0.1) is 18.2 Å². The predicted octanol–water partition coefficient (Wildman–Crippen LogP) is 5.84. The van der Waals surface area contributed by atoms with Gasteiger partial charge >= 0.3 is 0 Å². The van der Waals surface area contributed by atoms with Crippen LogP contribution in [0.1, 0.15) is 30.5 Å². The molecular weight excluding hydrogens is 438 g/mol. The van der Waals surface area contributed by atoms with Crippen LogP contribution in [0.15, 0.2) is 90.2 Å². The largest absolute Gasteiger partial charge is 0.503 e. The van der Waals surface area contributed by atoms with Crippen molar-refractivity contribution in [3.63, 3.8) is 0 Å². The number of amides is 1. The number of carbonyl (C=O) groups is 2. The summed E-state index contributed by atoms with van der Waals surface area (Å²) in [6.45, 7) is 2.36. The molecule has 0 bridgehead atoms. The molecule has 6 heteroatoms. The van der Waals surface area contributed by atoms with E-state index in [0.717, 1.165) is 5.56 Å². The van der Waals surface area contributed by atoms with Crippen molar-refractivity contribution in [1.82, 2.24) is 0 Å². The second-order valence-corrected chi connectivity index (χ2v) is 8.17. The fourth-order valence-electron chi connectivity index (χ4n) is 4.08. The number of ketones is 1. The van der Waals surface area contributed by atoms with Crippen molar-refractivity contribution in [2.75, 3.05) is 11.5 Å². The van der Waals surface area contributed by atoms with Crippen molar-refractivity contribution in [3.8, 4) is 5.75 Å². The Hall–Kier alpha value is -3.57. The van der Waals surface area contributed by atoms with Gasteiger partial charge in [-0.25, -0.2) is 0 Å². The summed E-state index contributed by atoms with van der Waals surface area (Å²) in [4.78, 5) is 28.0. The minimum Gasteiger partial charge on any atom is -0.503 e.